The Morgan fingerprint density at radius 3 is 2.86 bits per heavy atom. The molecule has 1 amide bonds. The van der Waals surface area contributed by atoms with E-state index in [0.29, 0.717) is 27.6 Å². The van der Waals surface area contributed by atoms with Crippen molar-refractivity contribution in [2.24, 2.45) is 0 Å². The molecule has 3 rings (SSSR count). The average molecular weight is 338 g/mol. The molecule has 8 heteroatoms. The number of nitrogens with two attached hydrogens (primary N) is 1. The molecule has 0 bridgehead atoms. The van der Waals surface area contributed by atoms with E-state index in [4.69, 9.17) is 17.4 Å². The molecule has 0 saturated heterocycles. The van der Waals surface area contributed by atoms with Crippen LogP contribution in [0.15, 0.2) is 29.4 Å². The Hall–Kier alpha value is -1.73. The SMILES string of the molecule is C[C@H](Sc1nnc(-c2ccccc2Cl)n1N)C(=O)NC1CC1. The molecular weight excluding hydrogens is 322 g/mol. The number of aromatic nitrogens is 3. The zero-order chi connectivity index (χ0) is 15.7. The number of amides is 1. The molecule has 6 nitrogen and oxygen atoms in total. The van der Waals surface area contributed by atoms with Gasteiger partial charge in [-0.15, -0.1) is 10.2 Å². The van der Waals surface area contributed by atoms with Crippen LogP contribution in [0.4, 0.5) is 0 Å². The highest BCUT2D eigenvalue weighted by atomic mass is 35.5. The van der Waals surface area contributed by atoms with Crippen LogP contribution in [0.3, 0.4) is 0 Å². The van der Waals surface area contributed by atoms with Gasteiger partial charge >= 0.3 is 0 Å². The van der Waals surface area contributed by atoms with Crippen molar-refractivity contribution in [2.75, 3.05) is 5.84 Å². The van der Waals surface area contributed by atoms with Gasteiger partial charge in [0.1, 0.15) is 0 Å². The Bertz CT molecular complexity index is 700. The number of carbonyl (C=O) groups is 1. The molecule has 0 radical (unpaired) electrons. The molecule has 22 heavy (non-hydrogen) atoms. The van der Waals surface area contributed by atoms with Crippen LogP contribution in [-0.2, 0) is 4.79 Å². The quantitative estimate of drug-likeness (QED) is 0.644. The Balaban J connectivity index is 1.75. The van der Waals surface area contributed by atoms with E-state index in [1.807, 2.05) is 25.1 Å². The number of thioether (sulfide) groups is 1. The third kappa shape index (κ3) is 3.20. The number of rotatable bonds is 5. The molecular formula is C14H16ClN5OS. The highest BCUT2D eigenvalue weighted by molar-refractivity contribution is 8.00. The van der Waals surface area contributed by atoms with Crippen LogP contribution in [0.1, 0.15) is 19.8 Å². The largest absolute Gasteiger partial charge is 0.352 e. The number of nitrogens with zero attached hydrogens (tertiary/aromatic N) is 3. The van der Waals surface area contributed by atoms with Crippen LogP contribution in [-0.4, -0.2) is 32.1 Å². The lowest BCUT2D eigenvalue weighted by Crippen LogP contribution is -2.32. The monoisotopic (exact) mass is 337 g/mol. The van der Waals surface area contributed by atoms with Crippen molar-refractivity contribution >= 4 is 29.3 Å². The minimum absolute atomic E-state index is 0.00482. The summed E-state index contributed by atoms with van der Waals surface area (Å²) in [6.07, 6.45) is 2.12. The summed E-state index contributed by atoms with van der Waals surface area (Å²) in [7, 11) is 0. The van der Waals surface area contributed by atoms with Crippen LogP contribution < -0.4 is 11.2 Å². The van der Waals surface area contributed by atoms with Gasteiger partial charge in [0.05, 0.1) is 10.3 Å². The standard InChI is InChI=1S/C14H16ClN5OS/c1-8(13(21)17-9-6-7-9)22-14-19-18-12(20(14)16)10-4-2-3-5-11(10)15/h2-5,8-9H,6-7,16H2,1H3,(H,17,21)/t8-/m0/s1. The van der Waals surface area contributed by atoms with Gasteiger partial charge in [0, 0.05) is 11.6 Å². The molecule has 1 aliphatic rings. The topological polar surface area (TPSA) is 85.8 Å². The van der Waals surface area contributed by atoms with Gasteiger partial charge in [-0.2, -0.15) is 0 Å². The van der Waals surface area contributed by atoms with E-state index in [0.717, 1.165) is 12.8 Å². The Morgan fingerprint density at radius 1 is 1.45 bits per heavy atom. The molecule has 0 aliphatic heterocycles. The molecule has 3 N–H and O–H groups in total. The van der Waals surface area contributed by atoms with E-state index < -0.39 is 0 Å². The van der Waals surface area contributed by atoms with Gasteiger partial charge in [-0.1, -0.05) is 35.5 Å². The molecule has 2 aromatic rings. The number of nitrogens with one attached hydrogen (secondary N) is 1. The smallest absolute Gasteiger partial charge is 0.233 e. The van der Waals surface area contributed by atoms with E-state index in [-0.39, 0.29) is 11.2 Å². The first-order chi connectivity index (χ1) is 10.6. The van der Waals surface area contributed by atoms with Crippen LogP contribution in [0, 0.1) is 0 Å². The fourth-order valence-electron chi connectivity index (χ4n) is 1.94. The van der Waals surface area contributed by atoms with Crippen LogP contribution in [0.25, 0.3) is 11.4 Å². The number of hydrogen-bond acceptors (Lipinski definition) is 5. The van der Waals surface area contributed by atoms with Gasteiger partial charge in [0.2, 0.25) is 11.1 Å². The molecule has 1 aromatic carbocycles. The second-order valence-corrected chi connectivity index (χ2v) is 6.91. The second kappa shape index (κ2) is 6.18. The van der Waals surface area contributed by atoms with Gasteiger partial charge in [-0.3, -0.25) is 4.79 Å². The maximum Gasteiger partial charge on any atom is 0.233 e. The van der Waals surface area contributed by atoms with Crippen molar-refractivity contribution in [2.45, 2.75) is 36.2 Å². The number of hydrogen-bond donors (Lipinski definition) is 2. The predicted octanol–water partition coefficient (Wildman–Crippen LogP) is 2.07. The molecule has 1 saturated carbocycles. The van der Waals surface area contributed by atoms with E-state index >= 15 is 0 Å². The minimum atomic E-state index is -0.286. The molecule has 0 spiro atoms. The van der Waals surface area contributed by atoms with E-state index in [9.17, 15) is 4.79 Å². The Morgan fingerprint density at radius 2 is 2.18 bits per heavy atom. The van der Waals surface area contributed by atoms with Gasteiger partial charge in [0.25, 0.3) is 0 Å². The maximum absolute atomic E-state index is 12.0. The summed E-state index contributed by atoms with van der Waals surface area (Å²) in [4.78, 5) is 12.0. The lowest BCUT2D eigenvalue weighted by molar-refractivity contribution is -0.120. The zero-order valence-corrected chi connectivity index (χ0v) is 13.6. The second-order valence-electron chi connectivity index (χ2n) is 5.20. The Kier molecular flexibility index (Phi) is 4.26. The first kappa shape index (κ1) is 15.2. The number of carbonyl (C=O) groups excluding carboxylic acids is 1. The van der Waals surface area contributed by atoms with Crippen molar-refractivity contribution in [3.8, 4) is 11.4 Å². The lowest BCUT2D eigenvalue weighted by Gasteiger charge is -2.11. The molecule has 1 heterocycles. The predicted molar refractivity (Wildman–Crippen MR) is 87.1 cm³/mol. The molecule has 1 fully saturated rings. The molecule has 1 aliphatic carbocycles. The number of benzene rings is 1. The van der Waals surface area contributed by atoms with E-state index in [2.05, 4.69) is 15.5 Å². The summed E-state index contributed by atoms with van der Waals surface area (Å²) in [5, 5.41) is 11.9. The van der Waals surface area contributed by atoms with Crippen molar-refractivity contribution in [3.05, 3.63) is 29.3 Å². The van der Waals surface area contributed by atoms with Gasteiger partial charge in [-0.25, -0.2) is 4.68 Å². The summed E-state index contributed by atoms with van der Waals surface area (Å²) < 4.78 is 1.37. The third-order valence-corrected chi connectivity index (χ3v) is 4.74. The average Bonchev–Trinajstić information content (AvgIpc) is 3.24. The van der Waals surface area contributed by atoms with Crippen LogP contribution in [0.2, 0.25) is 5.02 Å². The Labute approximate surface area is 137 Å². The van der Waals surface area contributed by atoms with E-state index in [1.165, 1.54) is 16.4 Å². The number of nitrogen functional groups attached to an aromatic ring is 1. The summed E-state index contributed by atoms with van der Waals surface area (Å²) in [5.74, 6) is 6.52. The third-order valence-electron chi connectivity index (χ3n) is 3.35. The van der Waals surface area contributed by atoms with Gasteiger partial charge in [-0.05, 0) is 31.9 Å². The van der Waals surface area contributed by atoms with Crippen molar-refractivity contribution in [3.63, 3.8) is 0 Å². The van der Waals surface area contributed by atoms with Crippen molar-refractivity contribution in [1.82, 2.24) is 20.2 Å². The summed E-state index contributed by atoms with van der Waals surface area (Å²) >= 11 is 7.43. The fourth-order valence-corrected chi connectivity index (χ4v) is 2.94. The van der Waals surface area contributed by atoms with E-state index in [1.54, 1.807) is 6.07 Å². The summed E-state index contributed by atoms with van der Waals surface area (Å²) in [6, 6.07) is 7.62. The lowest BCUT2D eigenvalue weighted by atomic mass is 10.2. The number of halogens is 1. The van der Waals surface area contributed by atoms with Gasteiger partial charge in [0.15, 0.2) is 5.82 Å². The van der Waals surface area contributed by atoms with Crippen molar-refractivity contribution in [1.29, 1.82) is 0 Å². The maximum atomic E-state index is 12.0. The van der Waals surface area contributed by atoms with Crippen LogP contribution in [0.5, 0.6) is 0 Å². The molecule has 116 valence electrons. The summed E-state index contributed by atoms with van der Waals surface area (Å²) in [5.41, 5.74) is 0.709. The van der Waals surface area contributed by atoms with Crippen LogP contribution >= 0.6 is 23.4 Å². The molecule has 1 aromatic heterocycles. The van der Waals surface area contributed by atoms with Crippen molar-refractivity contribution < 1.29 is 4.79 Å². The molecule has 1 atom stereocenters. The normalized spacial score (nSPS) is 15.5. The first-order valence-corrected chi connectivity index (χ1v) is 8.24. The fraction of sp³-hybridized carbons (Fsp3) is 0.357. The first-order valence-electron chi connectivity index (χ1n) is 6.98. The highest BCUT2D eigenvalue weighted by Crippen LogP contribution is 2.29. The summed E-state index contributed by atoms with van der Waals surface area (Å²) in [6.45, 7) is 1.83. The minimum Gasteiger partial charge on any atom is -0.352 e. The van der Waals surface area contributed by atoms with Gasteiger partial charge < -0.3 is 11.2 Å². The highest BCUT2D eigenvalue weighted by Gasteiger charge is 2.27. The zero-order valence-electron chi connectivity index (χ0n) is 12.0. The molecule has 0 unspecified atom stereocenters.